The van der Waals surface area contributed by atoms with E-state index in [-0.39, 0.29) is 24.9 Å². The van der Waals surface area contributed by atoms with Crippen molar-refractivity contribution in [3.63, 3.8) is 0 Å². The molecular weight excluding hydrogens is 422 g/mol. The maximum absolute atomic E-state index is 12.4. The van der Waals surface area contributed by atoms with Gasteiger partial charge in [-0.2, -0.15) is 0 Å². The highest BCUT2D eigenvalue weighted by Gasteiger charge is 2.17. The number of hydrogen-bond acceptors (Lipinski definition) is 8. The van der Waals surface area contributed by atoms with Crippen molar-refractivity contribution in [2.75, 3.05) is 51.1 Å². The summed E-state index contributed by atoms with van der Waals surface area (Å²) in [5, 5.41) is 7.14. The van der Waals surface area contributed by atoms with E-state index in [2.05, 4.69) is 10.6 Å². The minimum Gasteiger partial charge on any atom is -0.490 e. The van der Waals surface area contributed by atoms with Gasteiger partial charge in [0.1, 0.15) is 4.88 Å². The summed E-state index contributed by atoms with van der Waals surface area (Å²) in [5.74, 6) is 0.00833. The van der Waals surface area contributed by atoms with Crippen molar-refractivity contribution in [3.8, 4) is 11.5 Å². The molecule has 168 valence electrons. The van der Waals surface area contributed by atoms with Gasteiger partial charge in [-0.25, -0.2) is 4.79 Å². The van der Waals surface area contributed by atoms with Gasteiger partial charge in [-0.3, -0.25) is 14.5 Å². The topological polar surface area (TPSA) is 106 Å². The molecule has 0 saturated heterocycles. The normalized spacial score (nSPS) is 10.5. The molecule has 0 aliphatic carbocycles. The molecular formula is C21H27N3O6S. The lowest BCUT2D eigenvalue weighted by Gasteiger charge is -2.17. The van der Waals surface area contributed by atoms with Crippen molar-refractivity contribution in [1.82, 2.24) is 4.90 Å². The second kappa shape index (κ2) is 11.9. The molecule has 0 saturated carbocycles. The third kappa shape index (κ3) is 7.26. The summed E-state index contributed by atoms with van der Waals surface area (Å²) >= 11 is 1.18. The van der Waals surface area contributed by atoms with Gasteiger partial charge in [0.2, 0.25) is 11.8 Å². The molecule has 0 unspecified atom stereocenters. The first-order valence-electron chi connectivity index (χ1n) is 9.71. The highest BCUT2D eigenvalue weighted by molar-refractivity contribution is 7.12. The van der Waals surface area contributed by atoms with E-state index in [1.165, 1.54) is 18.4 Å². The second-order valence-corrected chi connectivity index (χ2v) is 7.37. The first-order chi connectivity index (χ1) is 14.9. The van der Waals surface area contributed by atoms with Crippen LogP contribution in [-0.2, 0) is 14.3 Å². The van der Waals surface area contributed by atoms with Crippen molar-refractivity contribution in [2.45, 2.75) is 13.8 Å². The molecule has 0 aliphatic heterocycles. The molecule has 1 aromatic carbocycles. The number of ether oxygens (including phenoxy) is 3. The van der Waals surface area contributed by atoms with Gasteiger partial charge in [-0.15, -0.1) is 11.3 Å². The van der Waals surface area contributed by atoms with Crippen LogP contribution >= 0.6 is 11.3 Å². The van der Waals surface area contributed by atoms with Gasteiger partial charge >= 0.3 is 5.97 Å². The van der Waals surface area contributed by atoms with Crippen LogP contribution in [0.5, 0.6) is 11.5 Å². The first kappa shape index (κ1) is 24.2. The predicted octanol–water partition coefficient (Wildman–Crippen LogP) is 2.84. The lowest BCUT2D eigenvalue weighted by atomic mass is 10.2. The monoisotopic (exact) mass is 449 g/mol. The van der Waals surface area contributed by atoms with Crippen molar-refractivity contribution in [2.24, 2.45) is 0 Å². The van der Waals surface area contributed by atoms with Gasteiger partial charge in [0.25, 0.3) is 0 Å². The zero-order valence-electron chi connectivity index (χ0n) is 18.0. The molecule has 1 aromatic heterocycles. The molecule has 0 fully saturated rings. The molecule has 0 atom stereocenters. The zero-order valence-corrected chi connectivity index (χ0v) is 18.8. The smallest absolute Gasteiger partial charge is 0.350 e. The quantitative estimate of drug-likeness (QED) is 0.508. The molecule has 2 rings (SSSR count). The number of anilines is 2. The van der Waals surface area contributed by atoms with Gasteiger partial charge in [-0.1, -0.05) is 0 Å². The summed E-state index contributed by atoms with van der Waals surface area (Å²) in [6, 6.07) is 6.79. The third-order valence-corrected chi connectivity index (χ3v) is 4.86. The molecule has 0 bridgehead atoms. The average Bonchev–Trinajstić information content (AvgIpc) is 3.17. The van der Waals surface area contributed by atoms with Crippen LogP contribution in [0.25, 0.3) is 0 Å². The molecule has 2 aromatic rings. The Morgan fingerprint density at radius 1 is 0.968 bits per heavy atom. The van der Waals surface area contributed by atoms with Crippen LogP contribution in [0, 0.1) is 0 Å². The fourth-order valence-electron chi connectivity index (χ4n) is 2.72. The Morgan fingerprint density at radius 2 is 1.61 bits per heavy atom. The van der Waals surface area contributed by atoms with E-state index in [0.717, 1.165) is 0 Å². The molecule has 2 amide bonds. The van der Waals surface area contributed by atoms with Crippen LogP contribution in [0.2, 0.25) is 0 Å². The maximum Gasteiger partial charge on any atom is 0.350 e. The summed E-state index contributed by atoms with van der Waals surface area (Å²) in [4.78, 5) is 38.2. The number of esters is 1. The van der Waals surface area contributed by atoms with Gasteiger partial charge in [0.15, 0.2) is 11.5 Å². The molecule has 1 heterocycles. The molecule has 31 heavy (non-hydrogen) atoms. The van der Waals surface area contributed by atoms with E-state index in [4.69, 9.17) is 14.2 Å². The Bertz CT molecular complexity index is 914. The van der Waals surface area contributed by atoms with E-state index < -0.39 is 5.97 Å². The van der Waals surface area contributed by atoms with Gasteiger partial charge in [-0.05, 0) is 44.5 Å². The number of nitrogens with one attached hydrogen (secondary N) is 2. The maximum atomic E-state index is 12.4. The Labute approximate surface area is 185 Å². The fraction of sp³-hybridized carbons (Fsp3) is 0.381. The van der Waals surface area contributed by atoms with E-state index in [9.17, 15) is 14.4 Å². The molecule has 2 N–H and O–H groups in total. The molecule has 0 spiro atoms. The van der Waals surface area contributed by atoms with Crippen LogP contribution < -0.4 is 20.1 Å². The third-order valence-electron chi connectivity index (χ3n) is 3.96. The van der Waals surface area contributed by atoms with Gasteiger partial charge in [0.05, 0.1) is 39.1 Å². The Kier molecular flexibility index (Phi) is 9.29. The van der Waals surface area contributed by atoms with E-state index in [1.54, 1.807) is 41.6 Å². The number of carbonyl (C=O) groups excluding carboxylic acids is 3. The number of hydrogen-bond donors (Lipinski definition) is 2. The summed E-state index contributed by atoms with van der Waals surface area (Å²) in [5.41, 5.74) is 0.952. The lowest BCUT2D eigenvalue weighted by Crippen LogP contribution is -2.36. The zero-order chi connectivity index (χ0) is 22.8. The molecule has 0 radical (unpaired) electrons. The predicted molar refractivity (Wildman–Crippen MR) is 119 cm³/mol. The molecule has 10 heteroatoms. The summed E-state index contributed by atoms with van der Waals surface area (Å²) in [6.07, 6.45) is 0. The number of thiophene rings is 1. The van der Waals surface area contributed by atoms with Gasteiger partial charge in [0, 0.05) is 11.8 Å². The molecule has 9 nitrogen and oxygen atoms in total. The minimum absolute atomic E-state index is 0.00189. The molecule has 0 aliphatic rings. The SMILES string of the molecule is CCOc1ccc(NC(=O)CN(C)CC(=O)Nc2ccsc2C(=O)OC)cc1OCC. The number of amides is 2. The fourth-order valence-corrected chi connectivity index (χ4v) is 3.49. The van der Waals surface area contributed by atoms with Crippen LogP contribution in [0.3, 0.4) is 0 Å². The van der Waals surface area contributed by atoms with Crippen molar-refractivity contribution < 1.29 is 28.6 Å². The number of carbonyl (C=O) groups is 3. The van der Waals surface area contributed by atoms with Crippen molar-refractivity contribution >= 4 is 40.5 Å². The lowest BCUT2D eigenvalue weighted by molar-refractivity contribution is -0.119. The number of nitrogens with zero attached hydrogens (tertiary/aromatic N) is 1. The van der Waals surface area contributed by atoms with Gasteiger partial charge < -0.3 is 24.8 Å². The second-order valence-electron chi connectivity index (χ2n) is 6.45. The highest BCUT2D eigenvalue weighted by atomic mass is 32.1. The number of benzene rings is 1. The van der Waals surface area contributed by atoms with Crippen LogP contribution in [0.4, 0.5) is 11.4 Å². The Morgan fingerprint density at radius 3 is 2.26 bits per heavy atom. The standard InChI is InChI=1S/C21H27N3O6S/c1-5-29-16-8-7-14(11-17(16)30-6-2)22-18(25)12-24(3)13-19(26)23-15-9-10-31-20(15)21(27)28-4/h7-11H,5-6,12-13H2,1-4H3,(H,22,25)(H,23,26). The summed E-state index contributed by atoms with van der Waals surface area (Å²) < 4.78 is 15.8. The Balaban J connectivity index is 1.89. The number of methoxy groups -OCH3 is 1. The average molecular weight is 450 g/mol. The van der Waals surface area contributed by atoms with E-state index in [0.29, 0.717) is 41.0 Å². The Hall–Kier alpha value is -3.11. The number of rotatable bonds is 11. The van der Waals surface area contributed by atoms with E-state index >= 15 is 0 Å². The van der Waals surface area contributed by atoms with Crippen LogP contribution in [0.15, 0.2) is 29.6 Å². The van der Waals surface area contributed by atoms with Crippen molar-refractivity contribution in [1.29, 1.82) is 0 Å². The van der Waals surface area contributed by atoms with Crippen LogP contribution in [-0.4, -0.2) is 63.1 Å². The van der Waals surface area contributed by atoms with Crippen LogP contribution in [0.1, 0.15) is 23.5 Å². The minimum atomic E-state index is -0.514. The summed E-state index contributed by atoms with van der Waals surface area (Å²) in [7, 11) is 2.93. The van der Waals surface area contributed by atoms with E-state index in [1.807, 2.05) is 13.8 Å². The summed E-state index contributed by atoms with van der Waals surface area (Å²) in [6.45, 7) is 4.69. The number of likely N-dealkylation sites (N-methyl/N-ethyl adjacent to an activating group) is 1. The van der Waals surface area contributed by atoms with Crippen molar-refractivity contribution in [3.05, 3.63) is 34.5 Å². The first-order valence-corrected chi connectivity index (χ1v) is 10.6. The highest BCUT2D eigenvalue weighted by Crippen LogP contribution is 2.30. The largest absolute Gasteiger partial charge is 0.490 e.